The minimum Gasteiger partial charge on any atom is -0.374 e. The van der Waals surface area contributed by atoms with Gasteiger partial charge in [0.25, 0.3) is 0 Å². The van der Waals surface area contributed by atoms with E-state index in [1.165, 1.54) is 0 Å². The van der Waals surface area contributed by atoms with E-state index in [0.29, 0.717) is 0 Å². The summed E-state index contributed by atoms with van der Waals surface area (Å²) in [5.41, 5.74) is 0. The van der Waals surface area contributed by atoms with Gasteiger partial charge in [-0.15, -0.1) is 11.3 Å². The van der Waals surface area contributed by atoms with Gasteiger partial charge in [-0.05, 0) is 18.0 Å². The number of hydrogen-bond acceptors (Lipinski definition) is 6. The molecule has 1 aliphatic rings. The van der Waals surface area contributed by atoms with Gasteiger partial charge in [-0.25, -0.2) is 9.97 Å². The van der Waals surface area contributed by atoms with Gasteiger partial charge < -0.3 is 10.1 Å². The lowest BCUT2D eigenvalue weighted by Gasteiger charge is -2.32. The van der Waals surface area contributed by atoms with Gasteiger partial charge in [0.05, 0.1) is 18.1 Å². The van der Waals surface area contributed by atoms with E-state index in [1.54, 1.807) is 17.7 Å². The molecular formula is C13H18N4OS. The molecule has 0 amide bonds. The number of aromatic nitrogens is 2. The Morgan fingerprint density at radius 3 is 3.37 bits per heavy atom. The van der Waals surface area contributed by atoms with Crippen LogP contribution in [0.5, 0.6) is 0 Å². The van der Waals surface area contributed by atoms with Crippen molar-refractivity contribution < 1.29 is 4.74 Å². The van der Waals surface area contributed by atoms with Crippen LogP contribution in [0.4, 0.5) is 5.82 Å². The van der Waals surface area contributed by atoms with Crippen molar-refractivity contribution in [2.75, 3.05) is 38.1 Å². The first-order chi connectivity index (χ1) is 9.36. The Morgan fingerprint density at radius 2 is 2.47 bits per heavy atom. The second-order valence-electron chi connectivity index (χ2n) is 4.63. The summed E-state index contributed by atoms with van der Waals surface area (Å²) in [5.74, 6) is 0.906. The second kappa shape index (κ2) is 5.81. The maximum atomic E-state index is 5.78. The van der Waals surface area contributed by atoms with E-state index >= 15 is 0 Å². The molecule has 1 fully saturated rings. The Hall–Kier alpha value is -1.24. The standard InChI is InChI=1S/C13H18N4OS/c1-2-17-4-5-18-10(8-17)7-14-12-11-3-6-19-13(11)16-9-15-12/h3,6,9-10H,2,4-5,7-8H2,1H3,(H,14,15,16)/t10-/m1/s1. The summed E-state index contributed by atoms with van der Waals surface area (Å²) in [6.07, 6.45) is 1.85. The molecule has 0 aliphatic carbocycles. The zero-order valence-electron chi connectivity index (χ0n) is 11.0. The quantitative estimate of drug-likeness (QED) is 0.924. The van der Waals surface area contributed by atoms with Gasteiger partial charge in [-0.2, -0.15) is 0 Å². The number of rotatable bonds is 4. The van der Waals surface area contributed by atoms with Gasteiger partial charge in [0.1, 0.15) is 17.0 Å². The van der Waals surface area contributed by atoms with Gasteiger partial charge in [0, 0.05) is 19.6 Å². The fraction of sp³-hybridized carbons (Fsp3) is 0.538. The van der Waals surface area contributed by atoms with Crippen LogP contribution < -0.4 is 5.32 Å². The number of nitrogens with zero attached hydrogens (tertiary/aromatic N) is 3. The maximum absolute atomic E-state index is 5.78. The molecule has 1 aliphatic heterocycles. The highest BCUT2D eigenvalue weighted by molar-refractivity contribution is 7.16. The summed E-state index contributed by atoms with van der Waals surface area (Å²) in [6.45, 7) is 6.91. The third-order valence-electron chi connectivity index (χ3n) is 3.43. The summed E-state index contributed by atoms with van der Waals surface area (Å²) in [6, 6.07) is 2.06. The third kappa shape index (κ3) is 2.86. The van der Waals surface area contributed by atoms with Crippen molar-refractivity contribution in [3.05, 3.63) is 17.8 Å². The molecule has 1 N–H and O–H groups in total. The van der Waals surface area contributed by atoms with Crippen LogP contribution in [0.15, 0.2) is 17.8 Å². The lowest BCUT2D eigenvalue weighted by Crippen LogP contribution is -2.45. The van der Waals surface area contributed by atoms with Crippen LogP contribution in [0, 0.1) is 0 Å². The van der Waals surface area contributed by atoms with Gasteiger partial charge >= 0.3 is 0 Å². The number of thiophene rings is 1. The number of fused-ring (bicyclic) bond motifs is 1. The van der Waals surface area contributed by atoms with Crippen LogP contribution in [0.1, 0.15) is 6.92 Å². The summed E-state index contributed by atoms with van der Waals surface area (Å²) in [4.78, 5) is 12.0. The van der Waals surface area contributed by atoms with Gasteiger partial charge in [0.15, 0.2) is 0 Å². The van der Waals surface area contributed by atoms with Crippen LogP contribution in [0.2, 0.25) is 0 Å². The lowest BCUT2D eigenvalue weighted by atomic mass is 10.2. The van der Waals surface area contributed by atoms with Crippen molar-refractivity contribution in [1.82, 2.24) is 14.9 Å². The van der Waals surface area contributed by atoms with Gasteiger partial charge in [-0.1, -0.05) is 6.92 Å². The SMILES string of the molecule is CCN1CCO[C@H](CNc2ncnc3sccc23)C1. The Bertz CT molecular complexity index is 544. The van der Waals surface area contributed by atoms with E-state index in [2.05, 4.69) is 33.2 Å². The molecule has 0 aromatic carbocycles. The molecule has 0 bridgehead atoms. The first-order valence-electron chi connectivity index (χ1n) is 6.63. The highest BCUT2D eigenvalue weighted by Crippen LogP contribution is 2.23. The zero-order valence-corrected chi connectivity index (χ0v) is 11.8. The number of morpholine rings is 1. The maximum Gasteiger partial charge on any atom is 0.138 e. The first-order valence-corrected chi connectivity index (χ1v) is 7.51. The smallest absolute Gasteiger partial charge is 0.138 e. The van der Waals surface area contributed by atoms with Gasteiger partial charge in [0.2, 0.25) is 0 Å². The fourth-order valence-corrected chi connectivity index (χ4v) is 3.07. The van der Waals surface area contributed by atoms with Crippen LogP contribution in [0.25, 0.3) is 10.2 Å². The predicted molar refractivity (Wildman–Crippen MR) is 77.8 cm³/mol. The normalized spacial score (nSPS) is 20.8. The van der Waals surface area contributed by atoms with E-state index in [4.69, 9.17) is 4.74 Å². The van der Waals surface area contributed by atoms with Crippen molar-refractivity contribution in [1.29, 1.82) is 0 Å². The average molecular weight is 278 g/mol. The number of nitrogens with one attached hydrogen (secondary N) is 1. The molecule has 0 radical (unpaired) electrons. The van der Waals surface area contributed by atoms with Crippen LogP contribution in [0.3, 0.4) is 0 Å². The highest BCUT2D eigenvalue weighted by Gasteiger charge is 2.19. The zero-order chi connectivity index (χ0) is 13.1. The van der Waals surface area contributed by atoms with Crippen LogP contribution in [-0.2, 0) is 4.74 Å². The van der Waals surface area contributed by atoms with E-state index < -0.39 is 0 Å². The average Bonchev–Trinajstić information content (AvgIpc) is 2.94. The van der Waals surface area contributed by atoms with Crippen molar-refractivity contribution in [2.24, 2.45) is 0 Å². The lowest BCUT2D eigenvalue weighted by molar-refractivity contribution is -0.0192. The van der Waals surface area contributed by atoms with Crippen LogP contribution >= 0.6 is 11.3 Å². The second-order valence-corrected chi connectivity index (χ2v) is 5.52. The van der Waals surface area contributed by atoms with Crippen molar-refractivity contribution in [2.45, 2.75) is 13.0 Å². The molecule has 0 saturated carbocycles. The molecule has 5 nitrogen and oxygen atoms in total. The summed E-state index contributed by atoms with van der Waals surface area (Å²) in [7, 11) is 0. The molecule has 19 heavy (non-hydrogen) atoms. The minimum absolute atomic E-state index is 0.234. The number of ether oxygens (including phenoxy) is 1. The Morgan fingerprint density at radius 1 is 1.53 bits per heavy atom. The molecule has 3 heterocycles. The molecular weight excluding hydrogens is 260 g/mol. The molecule has 1 atom stereocenters. The summed E-state index contributed by atoms with van der Waals surface area (Å²) >= 11 is 1.64. The number of likely N-dealkylation sites (N-methyl/N-ethyl adjacent to an activating group) is 1. The molecule has 0 unspecified atom stereocenters. The van der Waals surface area contributed by atoms with Gasteiger partial charge in [-0.3, -0.25) is 4.90 Å². The summed E-state index contributed by atoms with van der Waals surface area (Å²) in [5, 5.41) is 6.53. The molecule has 2 aromatic heterocycles. The van der Waals surface area contributed by atoms with E-state index in [1.807, 2.05) is 5.38 Å². The molecule has 102 valence electrons. The Labute approximate surface area is 116 Å². The van der Waals surface area contributed by atoms with Crippen LogP contribution in [-0.4, -0.2) is 53.8 Å². The fourth-order valence-electron chi connectivity index (χ4n) is 2.33. The monoisotopic (exact) mass is 278 g/mol. The third-order valence-corrected chi connectivity index (χ3v) is 4.25. The first kappa shape index (κ1) is 12.8. The predicted octanol–water partition coefficient (Wildman–Crippen LogP) is 1.82. The number of hydrogen-bond donors (Lipinski definition) is 1. The van der Waals surface area contributed by atoms with Crippen molar-refractivity contribution in [3.8, 4) is 0 Å². The molecule has 0 spiro atoms. The molecule has 2 aromatic rings. The Kier molecular flexibility index (Phi) is 3.91. The highest BCUT2D eigenvalue weighted by atomic mass is 32.1. The van der Waals surface area contributed by atoms with E-state index in [0.717, 1.165) is 48.8 Å². The van der Waals surface area contributed by atoms with E-state index in [-0.39, 0.29) is 6.10 Å². The van der Waals surface area contributed by atoms with E-state index in [9.17, 15) is 0 Å². The van der Waals surface area contributed by atoms with Crippen molar-refractivity contribution >= 4 is 27.4 Å². The topological polar surface area (TPSA) is 50.3 Å². The van der Waals surface area contributed by atoms with Crippen molar-refractivity contribution in [3.63, 3.8) is 0 Å². The number of anilines is 1. The largest absolute Gasteiger partial charge is 0.374 e. The minimum atomic E-state index is 0.234. The molecule has 3 rings (SSSR count). The molecule has 1 saturated heterocycles. The molecule has 6 heteroatoms. The Balaban J connectivity index is 1.64. The summed E-state index contributed by atoms with van der Waals surface area (Å²) < 4.78 is 5.78.